The number of nitrogens with one attached hydrogen (secondary N) is 1. The molecule has 106 valence electrons. The van der Waals surface area contributed by atoms with Gasteiger partial charge in [0.25, 0.3) is 0 Å². The molecule has 0 saturated carbocycles. The van der Waals surface area contributed by atoms with Crippen molar-refractivity contribution in [1.29, 1.82) is 0 Å². The molecule has 5 heteroatoms. The molecule has 0 saturated heterocycles. The van der Waals surface area contributed by atoms with Gasteiger partial charge in [-0.15, -0.1) is 0 Å². The first-order chi connectivity index (χ1) is 8.81. The number of rotatable bonds is 5. The van der Waals surface area contributed by atoms with Gasteiger partial charge in [-0.1, -0.05) is 12.1 Å². The van der Waals surface area contributed by atoms with Crippen molar-refractivity contribution in [2.75, 3.05) is 13.1 Å². The van der Waals surface area contributed by atoms with Crippen LogP contribution in [0.5, 0.6) is 5.75 Å². The van der Waals surface area contributed by atoms with Crippen LogP contribution >= 0.6 is 0 Å². The molecule has 0 heterocycles. The summed E-state index contributed by atoms with van der Waals surface area (Å²) in [5.41, 5.74) is -0.00299. The summed E-state index contributed by atoms with van der Waals surface area (Å²) in [6, 6.07) is 6.45. The van der Waals surface area contributed by atoms with Gasteiger partial charge in [0.2, 0.25) is 0 Å². The second-order valence-electron chi connectivity index (χ2n) is 5.15. The van der Waals surface area contributed by atoms with Gasteiger partial charge in [-0.2, -0.15) is 0 Å². The Balaban J connectivity index is 2.51. The standard InChI is InChI=1S/C14H22N2O3/c1-4-16(10-14(2,3)19)13(18)15-9-11-5-7-12(17)8-6-11/h5-8,17,19H,4,9-10H2,1-3H3,(H,15,18). The van der Waals surface area contributed by atoms with Crippen molar-refractivity contribution in [3.8, 4) is 5.75 Å². The van der Waals surface area contributed by atoms with Gasteiger partial charge in [0.15, 0.2) is 0 Å². The molecule has 0 aliphatic heterocycles. The molecule has 1 rings (SSSR count). The molecule has 0 fully saturated rings. The zero-order valence-corrected chi connectivity index (χ0v) is 11.7. The predicted molar refractivity (Wildman–Crippen MR) is 73.9 cm³/mol. The van der Waals surface area contributed by atoms with Gasteiger partial charge in [0, 0.05) is 13.1 Å². The van der Waals surface area contributed by atoms with Crippen LogP contribution in [0.4, 0.5) is 4.79 Å². The van der Waals surface area contributed by atoms with Crippen LogP contribution in [0.3, 0.4) is 0 Å². The number of phenols is 1. The van der Waals surface area contributed by atoms with Crippen LogP contribution in [-0.2, 0) is 6.54 Å². The van der Waals surface area contributed by atoms with Crippen LogP contribution < -0.4 is 5.32 Å². The molecule has 0 atom stereocenters. The number of hydrogen-bond acceptors (Lipinski definition) is 3. The Kier molecular flexibility index (Phi) is 5.18. The Morgan fingerprint density at radius 1 is 1.32 bits per heavy atom. The third-order valence-corrected chi connectivity index (χ3v) is 2.63. The average Bonchev–Trinajstić information content (AvgIpc) is 2.34. The fraction of sp³-hybridized carbons (Fsp3) is 0.500. The van der Waals surface area contributed by atoms with Crippen LogP contribution in [0, 0.1) is 0 Å². The molecule has 1 aromatic carbocycles. The van der Waals surface area contributed by atoms with Crippen LogP contribution in [0.25, 0.3) is 0 Å². The van der Waals surface area contributed by atoms with Crippen LogP contribution in [0.15, 0.2) is 24.3 Å². The van der Waals surface area contributed by atoms with E-state index in [0.29, 0.717) is 13.1 Å². The van der Waals surface area contributed by atoms with E-state index in [1.807, 2.05) is 6.92 Å². The second kappa shape index (κ2) is 6.43. The highest BCUT2D eigenvalue weighted by Crippen LogP contribution is 2.10. The van der Waals surface area contributed by atoms with Crippen LogP contribution in [0.2, 0.25) is 0 Å². The number of nitrogens with zero attached hydrogens (tertiary/aromatic N) is 1. The molecule has 19 heavy (non-hydrogen) atoms. The third-order valence-electron chi connectivity index (χ3n) is 2.63. The number of aromatic hydroxyl groups is 1. The summed E-state index contributed by atoms with van der Waals surface area (Å²) in [6.45, 7) is 6.41. The maximum absolute atomic E-state index is 11.9. The second-order valence-corrected chi connectivity index (χ2v) is 5.15. The fourth-order valence-electron chi connectivity index (χ4n) is 1.70. The number of phenolic OH excluding ortho intramolecular Hbond substituents is 1. The molecule has 0 bridgehead atoms. The number of urea groups is 1. The fourth-order valence-corrected chi connectivity index (χ4v) is 1.70. The number of hydrogen-bond donors (Lipinski definition) is 3. The predicted octanol–water partition coefficient (Wildman–Crippen LogP) is 1.69. The lowest BCUT2D eigenvalue weighted by Crippen LogP contribution is -2.46. The molecule has 3 N–H and O–H groups in total. The van der Waals surface area contributed by atoms with Crippen molar-refractivity contribution in [3.63, 3.8) is 0 Å². The van der Waals surface area contributed by atoms with E-state index in [0.717, 1.165) is 5.56 Å². The molecule has 1 aromatic rings. The van der Waals surface area contributed by atoms with Gasteiger partial charge in [-0.05, 0) is 38.5 Å². The van der Waals surface area contributed by atoms with E-state index in [4.69, 9.17) is 5.11 Å². The summed E-state index contributed by atoms with van der Waals surface area (Å²) in [4.78, 5) is 13.5. The largest absolute Gasteiger partial charge is 0.508 e. The smallest absolute Gasteiger partial charge is 0.317 e. The first-order valence-electron chi connectivity index (χ1n) is 6.35. The van der Waals surface area contributed by atoms with Crippen molar-refractivity contribution in [3.05, 3.63) is 29.8 Å². The number of amides is 2. The zero-order chi connectivity index (χ0) is 14.5. The lowest BCUT2D eigenvalue weighted by molar-refractivity contribution is 0.0480. The van der Waals surface area contributed by atoms with Crippen molar-refractivity contribution < 1.29 is 15.0 Å². The van der Waals surface area contributed by atoms with Gasteiger partial charge in [-0.25, -0.2) is 4.79 Å². The van der Waals surface area contributed by atoms with Crippen molar-refractivity contribution in [2.24, 2.45) is 0 Å². The monoisotopic (exact) mass is 266 g/mol. The lowest BCUT2D eigenvalue weighted by atomic mass is 10.1. The summed E-state index contributed by atoms with van der Waals surface area (Å²) >= 11 is 0. The highest BCUT2D eigenvalue weighted by molar-refractivity contribution is 5.74. The van der Waals surface area contributed by atoms with Crippen molar-refractivity contribution in [2.45, 2.75) is 32.9 Å². The van der Waals surface area contributed by atoms with Crippen LogP contribution in [-0.4, -0.2) is 39.8 Å². The Morgan fingerprint density at radius 2 is 1.89 bits per heavy atom. The lowest BCUT2D eigenvalue weighted by Gasteiger charge is -2.28. The van der Waals surface area contributed by atoms with E-state index in [2.05, 4.69) is 5.32 Å². The summed E-state index contributed by atoms with van der Waals surface area (Å²) in [5.74, 6) is 0.201. The Labute approximate surface area is 113 Å². The van der Waals surface area contributed by atoms with Crippen LogP contribution in [0.1, 0.15) is 26.3 Å². The topological polar surface area (TPSA) is 72.8 Å². The zero-order valence-electron chi connectivity index (χ0n) is 11.7. The summed E-state index contributed by atoms with van der Waals surface area (Å²) in [7, 11) is 0. The summed E-state index contributed by atoms with van der Waals surface area (Å²) in [5, 5.41) is 21.7. The van der Waals surface area contributed by atoms with E-state index < -0.39 is 5.60 Å². The normalized spacial score (nSPS) is 11.2. The maximum atomic E-state index is 11.9. The molecule has 0 aliphatic carbocycles. The number of likely N-dealkylation sites (N-methyl/N-ethyl adjacent to an activating group) is 1. The molecule has 0 radical (unpaired) electrons. The van der Waals surface area contributed by atoms with E-state index in [-0.39, 0.29) is 18.3 Å². The molecule has 0 aromatic heterocycles. The summed E-state index contributed by atoms with van der Waals surface area (Å²) < 4.78 is 0. The maximum Gasteiger partial charge on any atom is 0.317 e. The number of carbonyl (C=O) groups excluding carboxylic acids is 1. The SMILES string of the molecule is CCN(CC(C)(C)O)C(=O)NCc1ccc(O)cc1. The van der Waals surface area contributed by atoms with Gasteiger partial charge in [0.05, 0.1) is 12.1 Å². The van der Waals surface area contributed by atoms with Gasteiger partial charge >= 0.3 is 6.03 Å². The third kappa shape index (κ3) is 5.61. The molecule has 0 aliphatic rings. The first kappa shape index (κ1) is 15.3. The Bertz CT molecular complexity index is 410. The van der Waals surface area contributed by atoms with Crippen molar-refractivity contribution in [1.82, 2.24) is 10.2 Å². The van der Waals surface area contributed by atoms with Gasteiger partial charge in [-0.3, -0.25) is 0 Å². The quantitative estimate of drug-likeness (QED) is 0.759. The summed E-state index contributed by atoms with van der Waals surface area (Å²) in [6.07, 6.45) is 0. The Hall–Kier alpha value is -1.75. The van der Waals surface area contributed by atoms with E-state index in [1.54, 1.807) is 43.0 Å². The minimum Gasteiger partial charge on any atom is -0.508 e. The number of aliphatic hydroxyl groups is 1. The number of benzene rings is 1. The molecular weight excluding hydrogens is 244 g/mol. The van der Waals surface area contributed by atoms with Gasteiger partial charge in [0.1, 0.15) is 5.75 Å². The minimum absolute atomic E-state index is 0.201. The number of carbonyl (C=O) groups is 1. The minimum atomic E-state index is -0.911. The highest BCUT2D eigenvalue weighted by atomic mass is 16.3. The van der Waals surface area contributed by atoms with Gasteiger partial charge < -0.3 is 20.4 Å². The van der Waals surface area contributed by atoms with E-state index in [9.17, 15) is 9.90 Å². The molecule has 5 nitrogen and oxygen atoms in total. The van der Waals surface area contributed by atoms with E-state index >= 15 is 0 Å². The Morgan fingerprint density at radius 3 is 2.37 bits per heavy atom. The molecule has 0 spiro atoms. The highest BCUT2D eigenvalue weighted by Gasteiger charge is 2.20. The molecule has 2 amide bonds. The first-order valence-corrected chi connectivity index (χ1v) is 6.35. The van der Waals surface area contributed by atoms with E-state index in [1.165, 1.54) is 0 Å². The molecular formula is C14H22N2O3. The van der Waals surface area contributed by atoms with Crippen molar-refractivity contribution >= 4 is 6.03 Å². The average molecular weight is 266 g/mol. The molecule has 0 unspecified atom stereocenters.